The van der Waals surface area contributed by atoms with Crippen molar-refractivity contribution in [2.45, 2.75) is 18.9 Å². The van der Waals surface area contributed by atoms with Gasteiger partial charge < -0.3 is 10.0 Å². The zero-order valence-electron chi connectivity index (χ0n) is 16.6. The Morgan fingerprint density at radius 3 is 2.20 bits per heavy atom. The summed E-state index contributed by atoms with van der Waals surface area (Å²) < 4.78 is 0. The van der Waals surface area contributed by atoms with Crippen molar-refractivity contribution < 1.29 is 14.7 Å². The minimum atomic E-state index is -0.500. The van der Waals surface area contributed by atoms with Crippen LogP contribution in [0.2, 0.25) is 0 Å². The molecule has 5 rings (SSSR count). The summed E-state index contributed by atoms with van der Waals surface area (Å²) in [6.45, 7) is 1.22. The van der Waals surface area contributed by atoms with Gasteiger partial charge in [-0.05, 0) is 47.6 Å². The van der Waals surface area contributed by atoms with Gasteiger partial charge in [-0.3, -0.25) is 9.59 Å². The Balaban J connectivity index is 1.30. The van der Waals surface area contributed by atoms with Gasteiger partial charge >= 0.3 is 0 Å². The summed E-state index contributed by atoms with van der Waals surface area (Å²) >= 11 is 0. The van der Waals surface area contributed by atoms with Crippen LogP contribution in [-0.4, -0.2) is 34.8 Å². The molecule has 1 aliphatic heterocycles. The number of hydrogen-bond acceptors (Lipinski definition) is 3. The highest BCUT2D eigenvalue weighted by molar-refractivity contribution is 6.22. The predicted octanol–water partition coefficient (Wildman–Crippen LogP) is 4.48. The fraction of sp³-hybridized carbons (Fsp3) is 0.231. The largest absolute Gasteiger partial charge is 0.388 e. The molecule has 1 heterocycles. The zero-order chi connectivity index (χ0) is 20.7. The minimum Gasteiger partial charge on any atom is -0.388 e. The molecule has 0 radical (unpaired) electrons. The van der Waals surface area contributed by atoms with Crippen LogP contribution in [0, 0.1) is 5.92 Å². The van der Waals surface area contributed by atoms with Crippen LogP contribution in [0.25, 0.3) is 11.1 Å². The highest BCUT2D eigenvalue weighted by Gasteiger charge is 2.31. The molecule has 0 spiro atoms. The van der Waals surface area contributed by atoms with E-state index < -0.39 is 6.10 Å². The van der Waals surface area contributed by atoms with Gasteiger partial charge in [0.25, 0.3) is 5.91 Å². The molecule has 0 aromatic heterocycles. The van der Waals surface area contributed by atoms with Crippen LogP contribution in [0.15, 0.2) is 72.8 Å². The van der Waals surface area contributed by atoms with Crippen molar-refractivity contribution in [2.24, 2.45) is 5.92 Å². The van der Waals surface area contributed by atoms with E-state index in [2.05, 4.69) is 0 Å². The van der Waals surface area contributed by atoms with Gasteiger partial charge in [0.05, 0.1) is 6.10 Å². The molecule has 0 saturated carbocycles. The molecule has 150 valence electrons. The third-order valence-electron chi connectivity index (χ3n) is 6.39. The number of amides is 1. The second-order valence-electron chi connectivity index (χ2n) is 8.12. The number of rotatable bonds is 3. The van der Waals surface area contributed by atoms with E-state index in [9.17, 15) is 14.7 Å². The van der Waals surface area contributed by atoms with Crippen molar-refractivity contribution in [1.82, 2.24) is 4.90 Å². The molecule has 4 nitrogen and oxygen atoms in total. The van der Waals surface area contributed by atoms with Crippen molar-refractivity contribution in [3.05, 3.63) is 95.1 Å². The molecule has 0 bridgehead atoms. The topological polar surface area (TPSA) is 57.6 Å². The lowest BCUT2D eigenvalue weighted by atomic mass is 9.87. The minimum absolute atomic E-state index is 0.0139. The summed E-state index contributed by atoms with van der Waals surface area (Å²) in [4.78, 5) is 27.7. The van der Waals surface area contributed by atoms with E-state index in [0.717, 1.165) is 29.5 Å². The Morgan fingerprint density at radius 1 is 0.833 bits per heavy atom. The molecule has 1 unspecified atom stereocenters. The van der Waals surface area contributed by atoms with Crippen LogP contribution in [0.1, 0.15) is 50.8 Å². The Bertz CT molecular complexity index is 1110. The summed E-state index contributed by atoms with van der Waals surface area (Å²) in [5.74, 6) is 0.0849. The van der Waals surface area contributed by atoms with Gasteiger partial charge in [0.1, 0.15) is 0 Å². The number of hydrogen-bond donors (Lipinski definition) is 1. The maximum absolute atomic E-state index is 13.1. The molecule has 1 saturated heterocycles. The Labute approximate surface area is 175 Å². The quantitative estimate of drug-likeness (QED) is 0.554. The highest BCUT2D eigenvalue weighted by Crippen LogP contribution is 2.37. The summed E-state index contributed by atoms with van der Waals surface area (Å²) in [5.41, 5.74) is 4.63. The molecular formula is C26H23NO3. The van der Waals surface area contributed by atoms with E-state index in [1.165, 1.54) is 0 Å². The van der Waals surface area contributed by atoms with E-state index in [1.54, 1.807) is 6.07 Å². The number of piperidine rings is 1. The van der Waals surface area contributed by atoms with Gasteiger partial charge in [0, 0.05) is 29.8 Å². The number of benzene rings is 3. The monoisotopic (exact) mass is 397 g/mol. The highest BCUT2D eigenvalue weighted by atomic mass is 16.3. The standard InChI is InChI=1S/C26H23NO3/c28-24(17-6-2-1-3-7-17)18-12-14-27(15-13-18)26(30)19-10-11-21-20-8-4-5-9-22(20)25(29)23(21)16-19/h1-11,16,18,24,28H,12-15H2. The molecule has 1 atom stereocenters. The molecule has 1 aliphatic carbocycles. The first kappa shape index (κ1) is 18.8. The molecule has 30 heavy (non-hydrogen) atoms. The first-order valence-electron chi connectivity index (χ1n) is 10.4. The molecule has 3 aromatic rings. The third kappa shape index (κ3) is 3.14. The van der Waals surface area contributed by atoms with Gasteiger partial charge in [-0.25, -0.2) is 0 Å². The number of likely N-dealkylation sites (tertiary alicyclic amines) is 1. The van der Waals surface area contributed by atoms with Gasteiger partial charge in [0.2, 0.25) is 0 Å². The molecule has 3 aromatic carbocycles. The number of aliphatic hydroxyl groups excluding tert-OH is 1. The van der Waals surface area contributed by atoms with Gasteiger partial charge in [-0.1, -0.05) is 60.7 Å². The fourth-order valence-corrected chi connectivity index (χ4v) is 4.68. The summed E-state index contributed by atoms with van der Waals surface area (Å²) in [7, 11) is 0. The average molecular weight is 397 g/mol. The summed E-state index contributed by atoms with van der Waals surface area (Å²) in [5, 5.41) is 10.7. The zero-order valence-corrected chi connectivity index (χ0v) is 16.6. The smallest absolute Gasteiger partial charge is 0.253 e. The van der Waals surface area contributed by atoms with E-state index in [-0.39, 0.29) is 17.6 Å². The van der Waals surface area contributed by atoms with Crippen LogP contribution >= 0.6 is 0 Å². The summed E-state index contributed by atoms with van der Waals surface area (Å²) in [6, 6.07) is 22.7. The van der Waals surface area contributed by atoms with Crippen molar-refractivity contribution >= 4 is 11.7 Å². The number of ketones is 1. The summed E-state index contributed by atoms with van der Waals surface area (Å²) in [6.07, 6.45) is 1.02. The molecular weight excluding hydrogens is 374 g/mol. The molecule has 2 aliphatic rings. The predicted molar refractivity (Wildman–Crippen MR) is 115 cm³/mol. The third-order valence-corrected chi connectivity index (χ3v) is 6.39. The van der Waals surface area contributed by atoms with Crippen molar-refractivity contribution in [3.8, 4) is 11.1 Å². The van der Waals surface area contributed by atoms with E-state index in [0.29, 0.717) is 29.8 Å². The Kier molecular flexibility index (Phi) is 4.72. The lowest BCUT2D eigenvalue weighted by Crippen LogP contribution is -2.39. The van der Waals surface area contributed by atoms with Gasteiger partial charge in [0.15, 0.2) is 5.78 Å². The Hall–Kier alpha value is -3.24. The number of carbonyl (C=O) groups excluding carboxylic acids is 2. The lowest BCUT2D eigenvalue weighted by Gasteiger charge is -2.34. The van der Waals surface area contributed by atoms with E-state index in [1.807, 2.05) is 71.6 Å². The van der Waals surface area contributed by atoms with Gasteiger partial charge in [-0.2, -0.15) is 0 Å². The fourth-order valence-electron chi connectivity index (χ4n) is 4.68. The maximum Gasteiger partial charge on any atom is 0.253 e. The molecule has 1 fully saturated rings. The lowest BCUT2D eigenvalue weighted by molar-refractivity contribution is 0.0462. The normalized spacial score (nSPS) is 16.8. The van der Waals surface area contributed by atoms with Crippen molar-refractivity contribution in [2.75, 3.05) is 13.1 Å². The number of nitrogens with zero attached hydrogens (tertiary/aromatic N) is 1. The van der Waals surface area contributed by atoms with E-state index >= 15 is 0 Å². The second kappa shape index (κ2) is 7.54. The van der Waals surface area contributed by atoms with Crippen LogP contribution in [-0.2, 0) is 0 Å². The number of fused-ring (bicyclic) bond motifs is 3. The van der Waals surface area contributed by atoms with Crippen LogP contribution in [0.4, 0.5) is 0 Å². The van der Waals surface area contributed by atoms with Crippen molar-refractivity contribution in [3.63, 3.8) is 0 Å². The van der Waals surface area contributed by atoms with Crippen LogP contribution in [0.3, 0.4) is 0 Å². The van der Waals surface area contributed by atoms with Gasteiger partial charge in [-0.15, -0.1) is 0 Å². The van der Waals surface area contributed by atoms with Crippen molar-refractivity contribution in [1.29, 1.82) is 0 Å². The van der Waals surface area contributed by atoms with Crippen LogP contribution in [0.5, 0.6) is 0 Å². The van der Waals surface area contributed by atoms with Crippen LogP contribution < -0.4 is 0 Å². The molecule has 4 heteroatoms. The SMILES string of the molecule is O=C1c2ccccc2-c2ccc(C(=O)N3CCC(C(O)c4ccccc4)CC3)cc21. The second-order valence-corrected chi connectivity index (χ2v) is 8.12. The molecule has 1 N–H and O–H groups in total. The number of carbonyl (C=O) groups is 2. The first-order valence-corrected chi connectivity index (χ1v) is 10.4. The Morgan fingerprint density at radius 2 is 1.47 bits per heavy atom. The number of aliphatic hydroxyl groups is 1. The maximum atomic E-state index is 13.1. The van der Waals surface area contributed by atoms with E-state index in [4.69, 9.17) is 0 Å². The average Bonchev–Trinajstić information content (AvgIpc) is 3.10. The first-order chi connectivity index (χ1) is 14.6. The molecule has 1 amide bonds.